The Hall–Kier alpha value is -15.2. The monoisotopic (exact) mass is 1950 g/mol. The Kier molecular flexibility index (Phi) is 43.2. The number of aliphatic hydroxyl groups excluding tert-OH is 2. The molecule has 1 fully saturated rings. The second-order valence-electron chi connectivity index (χ2n) is 34.9. The van der Waals surface area contributed by atoms with Gasteiger partial charge in [0, 0.05) is 98.7 Å². The van der Waals surface area contributed by atoms with E-state index in [2.05, 4.69) is 95.0 Å². The Morgan fingerprint density at radius 1 is 0.525 bits per heavy atom. The first-order valence-electron chi connectivity index (χ1n) is 44.9. The van der Waals surface area contributed by atoms with Crippen molar-refractivity contribution in [3.63, 3.8) is 0 Å². The SMILES string of the molecule is CC[C@H](C)[C@H](NC(=O)[C@H](CCC(=O)O)NC(=O)[C@@H]1CCC(=O)NCCCCCNC(=O)CC[C@H](NC(=O)CCC(=O)O)C(=O)N[C@@H]([C@@H](C)O)C(=O)N[C@@H](Cc2c[nH]c3ccccc23)C(=O)NC(C)(C)C(=O)N[C@@H](CCC(=O)O)C(=O)N[C@@H](Cc2c[nH]c3ccccc23)C(=O)N[C@@H](CC(=O)O)C(=O)N1)C(=O)NC(C)(C)C(=O)N[C@@H](CC(N)=O)C(=O)N[C@@H](Cc1ccc(O)cc1)C(=O)N[C@H](C(N)=O)[C@@H](C)O. The lowest BCUT2D eigenvalue weighted by Gasteiger charge is -2.32. The molecule has 3 heterocycles. The highest BCUT2D eigenvalue weighted by Gasteiger charge is 2.44. The van der Waals surface area contributed by atoms with Gasteiger partial charge in [0.05, 0.1) is 31.5 Å². The van der Waals surface area contributed by atoms with Crippen LogP contribution in [0.2, 0.25) is 0 Å². The lowest BCUT2D eigenvalue weighted by atomic mass is 9.95. The van der Waals surface area contributed by atoms with Gasteiger partial charge in [-0.05, 0) is 133 Å². The van der Waals surface area contributed by atoms with Crippen LogP contribution in [0.25, 0.3) is 21.8 Å². The number of aromatic amines is 2. The number of fused-ring (bicyclic) bond motifs is 2. The molecule has 0 spiro atoms. The number of primary amides is 2. The van der Waals surface area contributed by atoms with E-state index in [0.717, 1.165) is 41.5 Å². The van der Waals surface area contributed by atoms with E-state index < -0.39 is 322 Å². The van der Waals surface area contributed by atoms with Crippen molar-refractivity contribution in [1.29, 1.82) is 0 Å². The highest BCUT2D eigenvalue weighted by Crippen LogP contribution is 2.24. The fraction of sp³-hybridized carbons (Fsp3) is 0.511. The van der Waals surface area contributed by atoms with Crippen LogP contribution in [-0.2, 0) is 125 Å². The van der Waals surface area contributed by atoms with Crippen molar-refractivity contribution in [2.45, 2.75) is 273 Å². The molecule has 18 amide bonds. The summed E-state index contributed by atoms with van der Waals surface area (Å²) in [7, 11) is 0. The predicted molar refractivity (Wildman–Crippen MR) is 490 cm³/mol. The molecule has 6 rings (SSSR count). The lowest BCUT2D eigenvalue weighted by Crippen LogP contribution is -2.64. The van der Waals surface area contributed by atoms with E-state index in [9.17, 15) is 122 Å². The van der Waals surface area contributed by atoms with Crippen LogP contribution in [0.5, 0.6) is 5.75 Å². The number of amides is 18. The molecule has 758 valence electrons. The number of hydrogen-bond donors (Lipinski definition) is 27. The highest BCUT2D eigenvalue weighted by atomic mass is 16.4. The maximum atomic E-state index is 15.2. The number of aliphatic carboxylic acids is 4. The van der Waals surface area contributed by atoms with Crippen molar-refractivity contribution in [2.24, 2.45) is 17.4 Å². The Labute approximate surface area is 796 Å². The lowest BCUT2D eigenvalue weighted by molar-refractivity contribution is -0.142. The second-order valence-corrected chi connectivity index (χ2v) is 34.9. The molecule has 0 bridgehead atoms. The van der Waals surface area contributed by atoms with Crippen molar-refractivity contribution < 1.29 is 141 Å². The van der Waals surface area contributed by atoms with Crippen LogP contribution < -0.4 is 96.5 Å². The number of benzene rings is 3. The second kappa shape index (κ2) is 53.3. The third-order valence-electron chi connectivity index (χ3n) is 22.7. The average molecular weight is 1950 g/mol. The predicted octanol–water partition coefficient (Wildman–Crippen LogP) is -4.80. The van der Waals surface area contributed by atoms with E-state index in [-0.39, 0.29) is 56.5 Å². The van der Waals surface area contributed by atoms with E-state index in [0.29, 0.717) is 32.9 Å². The van der Waals surface area contributed by atoms with Crippen LogP contribution in [0.3, 0.4) is 0 Å². The quantitative estimate of drug-likeness (QED) is 0.0177. The van der Waals surface area contributed by atoms with Crippen molar-refractivity contribution in [3.8, 4) is 5.75 Å². The van der Waals surface area contributed by atoms with Crippen LogP contribution in [0, 0.1) is 5.92 Å². The summed E-state index contributed by atoms with van der Waals surface area (Å²) < 4.78 is 0. The van der Waals surface area contributed by atoms with Gasteiger partial charge < -0.3 is 142 Å². The summed E-state index contributed by atoms with van der Waals surface area (Å²) in [5.74, 6) is -28.4. The van der Waals surface area contributed by atoms with Gasteiger partial charge in [-0.25, -0.2) is 0 Å². The van der Waals surface area contributed by atoms with Gasteiger partial charge in [0.2, 0.25) is 106 Å². The Bertz CT molecular complexity index is 5300. The number of carboxylic acid groups (broad SMARTS) is 4. The molecule has 1 aliphatic rings. The van der Waals surface area contributed by atoms with E-state index in [1.165, 1.54) is 43.6 Å². The molecule has 2 aromatic heterocycles. The van der Waals surface area contributed by atoms with E-state index in [1.807, 2.05) is 0 Å². The van der Waals surface area contributed by atoms with Crippen molar-refractivity contribution in [1.82, 2.24) is 95.0 Å². The minimum Gasteiger partial charge on any atom is -0.508 e. The minimum absolute atomic E-state index is 0.0189. The Morgan fingerprint density at radius 3 is 1.58 bits per heavy atom. The maximum absolute atomic E-state index is 15.2. The third kappa shape index (κ3) is 36.4. The molecule has 0 unspecified atom stereocenters. The van der Waals surface area contributed by atoms with Gasteiger partial charge in [0.25, 0.3) is 0 Å². The number of nitrogens with one attached hydrogen (secondary N) is 18. The van der Waals surface area contributed by atoms with Crippen LogP contribution in [0.1, 0.15) is 175 Å². The number of hydrogen-bond acceptors (Lipinski definition) is 25. The number of H-pyrrole nitrogens is 2. The smallest absolute Gasteiger partial charge is 0.305 e. The van der Waals surface area contributed by atoms with Gasteiger partial charge in [0.1, 0.15) is 89.3 Å². The molecule has 49 nitrogen and oxygen atoms in total. The normalized spacial score (nSPS) is 20.2. The van der Waals surface area contributed by atoms with Crippen molar-refractivity contribution >= 4 is 152 Å². The summed E-state index contributed by atoms with van der Waals surface area (Å²) in [5.41, 5.74) is 8.62. The first-order chi connectivity index (χ1) is 65.4. The minimum atomic E-state index is -2.28. The highest BCUT2D eigenvalue weighted by molar-refractivity contribution is 6.04. The number of carbonyl (C=O) groups is 22. The molecular weight excluding hydrogens is 1830 g/mol. The summed E-state index contributed by atoms with van der Waals surface area (Å²) in [6, 6.07) is -4.23. The molecule has 29 N–H and O–H groups in total. The number of aromatic hydroxyl groups is 1. The zero-order chi connectivity index (χ0) is 103. The van der Waals surface area contributed by atoms with Gasteiger partial charge in [-0.1, -0.05) is 68.8 Å². The zero-order valence-corrected chi connectivity index (χ0v) is 77.9. The number of carbonyl (C=O) groups excluding carboxylic acids is 18. The number of carboxylic acids is 4. The van der Waals surface area contributed by atoms with Gasteiger partial charge >= 0.3 is 23.9 Å². The first-order valence-corrected chi connectivity index (χ1v) is 44.9. The molecule has 0 aliphatic carbocycles. The summed E-state index contributed by atoms with van der Waals surface area (Å²) in [4.78, 5) is 311. The third-order valence-corrected chi connectivity index (χ3v) is 22.7. The molecular formula is C90H124N20O29. The molecule has 49 heteroatoms. The van der Waals surface area contributed by atoms with Gasteiger partial charge in [-0.2, -0.15) is 0 Å². The van der Waals surface area contributed by atoms with Crippen molar-refractivity contribution in [3.05, 3.63) is 102 Å². The molecule has 1 saturated heterocycles. The van der Waals surface area contributed by atoms with Gasteiger partial charge in [-0.3, -0.25) is 105 Å². The van der Waals surface area contributed by atoms with Crippen LogP contribution >= 0.6 is 0 Å². The standard InChI is InChI=1S/C90H124N20O29/c1-9-44(2)72(86(137)110-90(7,8)88(139)105-62(40-64(91)114)81(132)100-59(37-47-21-23-50(113)24-22-47)83(134)107-73(45(3)111)75(92)126)106-79(130)57(27-32-68(118)119)98-76(127)56-26-30-66(116)94-36-16-10-15-35-93-65(115)29-25-55(97-67(117)31-34-70(122)123)78(129)108-74(46(4)112)85(136)103-61(39-49-43-96-54-20-14-12-18-52(49)54)84(135)109-89(5,6)87(138)104-58(28-33-69(120)121)77(128)101-60(38-48-42-95-53-19-13-11-17-51(48)53)80(131)102-63(41-71(124)125)82(133)99-56/h11-14,17-24,42-46,55-63,72-74,95-96,111-113H,9-10,15-16,25-41H2,1-8H3,(H2,91,114)(H2,92,126)(H,93,115)(H,94,116)(H,97,117)(H,98,127)(H,99,133)(H,100,132)(H,101,128)(H,102,131)(H,103,136)(H,104,138)(H,105,139)(H,106,130)(H,107,134)(H,108,129)(H,109,135)(H,110,137)(H,118,119)(H,120,121)(H,122,123)(H,124,125)/t44-,45+,46+,55-,56-,57-,58-,59-,60-,61-,62-,63-,72-,73-,74-/m0/s1. The Morgan fingerprint density at radius 2 is 1.04 bits per heavy atom. The number of nitrogens with two attached hydrogens (primary N) is 2. The molecule has 0 radical (unpaired) electrons. The number of aromatic nitrogens is 2. The van der Waals surface area contributed by atoms with Crippen LogP contribution in [0.15, 0.2) is 85.2 Å². The first kappa shape index (κ1) is 113. The summed E-state index contributed by atoms with van der Waals surface area (Å²) >= 11 is 0. The molecule has 139 heavy (non-hydrogen) atoms. The largest absolute Gasteiger partial charge is 0.508 e. The molecule has 0 saturated carbocycles. The topological polar surface area (TPSA) is 793 Å². The number of rotatable bonds is 37. The molecule has 1 aliphatic heterocycles. The average Bonchev–Trinajstić information content (AvgIpc) is 1.69. The Balaban J connectivity index is 1.37. The molecule has 15 atom stereocenters. The van der Waals surface area contributed by atoms with Gasteiger partial charge in [-0.15, -0.1) is 0 Å². The fourth-order valence-corrected chi connectivity index (χ4v) is 14.5. The summed E-state index contributed by atoms with van der Waals surface area (Å²) in [5, 5.41) is 111. The van der Waals surface area contributed by atoms with E-state index in [4.69, 9.17) is 11.5 Å². The fourth-order valence-electron chi connectivity index (χ4n) is 14.5. The molecule has 5 aromatic rings. The van der Waals surface area contributed by atoms with Crippen molar-refractivity contribution in [2.75, 3.05) is 13.1 Å². The van der Waals surface area contributed by atoms with Gasteiger partial charge in [0.15, 0.2) is 0 Å². The summed E-state index contributed by atoms with van der Waals surface area (Å²) in [6.45, 7) is 9.67. The summed E-state index contributed by atoms with van der Waals surface area (Å²) in [6.07, 6.45) is -10.3. The molecule has 3 aromatic carbocycles. The number of phenols is 1. The van der Waals surface area contributed by atoms with Crippen LogP contribution in [-0.4, -0.2) is 285 Å². The zero-order valence-electron chi connectivity index (χ0n) is 77.9. The number of aliphatic hydroxyl groups is 2. The van der Waals surface area contributed by atoms with E-state index in [1.54, 1.807) is 55.5 Å². The van der Waals surface area contributed by atoms with Crippen LogP contribution in [0.4, 0.5) is 0 Å². The number of phenolic OH excluding ortho intramolecular Hbond substituents is 1. The number of para-hydroxylation sites is 2. The van der Waals surface area contributed by atoms with E-state index >= 15 is 19.2 Å². The maximum Gasteiger partial charge on any atom is 0.305 e.